The van der Waals surface area contributed by atoms with Crippen LogP contribution in [0.1, 0.15) is 33.1 Å². The van der Waals surface area contributed by atoms with E-state index in [1.165, 1.54) is 18.7 Å². The van der Waals surface area contributed by atoms with Crippen molar-refractivity contribution < 1.29 is 47.5 Å². The largest absolute Gasteiger partial charge is 0.394 e. The number of nitrogens with zero attached hydrogens (tertiary/aromatic N) is 1. The van der Waals surface area contributed by atoms with E-state index in [1.54, 1.807) is 6.26 Å². The second-order valence-electron chi connectivity index (χ2n) is 8.25. The fourth-order valence-corrected chi connectivity index (χ4v) is 4.81. The van der Waals surface area contributed by atoms with Crippen molar-refractivity contribution >= 4 is 28.1 Å². The number of hydrogen-bond acceptors (Lipinski definition) is 10. The lowest BCUT2D eigenvalue weighted by Gasteiger charge is -2.44. The van der Waals surface area contributed by atoms with E-state index < -0.39 is 52.4 Å². The summed E-state index contributed by atoms with van der Waals surface area (Å²) >= 11 is 1.20. The van der Waals surface area contributed by atoms with Gasteiger partial charge in [0.2, 0.25) is 5.91 Å². The summed E-state index contributed by atoms with van der Waals surface area (Å²) in [4.78, 5) is 14.9. The number of thioether (sulfide) groups is 1. The number of nitrogens with one attached hydrogen (secondary N) is 1. The standard InChI is InChI=1S/C18H34N2O6S.H2O4S/c1-5-6-10-7-11(20(3)8-10)17(25)19-12(9(2)21)16-14(23)13(22)15(24)18(26-16)27-4;1-5(2,3)4/h9-16,18,21-24H,5-8H2,1-4H3,(H,19,25);(H2,1,2,3,4)/t9?,10-,11+,12?,13+,14-,15-,16-,18-;/m1./s1. The number of rotatable bonds is 7. The van der Waals surface area contributed by atoms with E-state index in [0.717, 1.165) is 25.8 Å². The lowest BCUT2D eigenvalue weighted by Crippen LogP contribution is -2.65. The maximum absolute atomic E-state index is 12.8. The van der Waals surface area contributed by atoms with Crippen molar-refractivity contribution in [2.75, 3.05) is 19.8 Å². The van der Waals surface area contributed by atoms with E-state index in [-0.39, 0.29) is 11.9 Å². The molecule has 190 valence electrons. The zero-order chi connectivity index (χ0) is 24.8. The van der Waals surface area contributed by atoms with E-state index in [1.807, 2.05) is 11.9 Å². The molecule has 0 aromatic carbocycles. The minimum absolute atomic E-state index is 0.223. The summed E-state index contributed by atoms with van der Waals surface area (Å²) in [7, 11) is -2.76. The molecule has 2 aliphatic rings. The number of hydrogen-bond donors (Lipinski definition) is 7. The Morgan fingerprint density at radius 3 is 2.25 bits per heavy atom. The minimum atomic E-state index is -4.67. The van der Waals surface area contributed by atoms with Gasteiger partial charge in [-0.05, 0) is 39.0 Å². The van der Waals surface area contributed by atoms with Gasteiger partial charge < -0.3 is 30.5 Å². The van der Waals surface area contributed by atoms with Gasteiger partial charge in [-0.3, -0.25) is 18.8 Å². The van der Waals surface area contributed by atoms with E-state index in [0.29, 0.717) is 5.92 Å². The smallest absolute Gasteiger partial charge is 0.391 e. The molecule has 12 nitrogen and oxygen atoms in total. The van der Waals surface area contributed by atoms with Crippen LogP contribution in [0.25, 0.3) is 0 Å². The fraction of sp³-hybridized carbons (Fsp3) is 0.944. The first-order chi connectivity index (χ1) is 14.7. The molecular weight excluding hydrogens is 468 g/mol. The normalized spacial score (nSPS) is 35.5. The van der Waals surface area contributed by atoms with Crippen LogP contribution in [0.15, 0.2) is 0 Å². The fourth-order valence-electron chi connectivity index (χ4n) is 4.13. The molecule has 0 radical (unpaired) electrons. The second-order valence-corrected chi connectivity index (χ2v) is 10.1. The van der Waals surface area contributed by atoms with Gasteiger partial charge in [0.25, 0.3) is 0 Å². The number of carbonyl (C=O) groups excluding carboxylic acids is 1. The summed E-state index contributed by atoms with van der Waals surface area (Å²) in [5.74, 6) is 0.245. The van der Waals surface area contributed by atoms with Gasteiger partial charge in [-0.15, -0.1) is 11.8 Å². The van der Waals surface area contributed by atoms with Gasteiger partial charge in [0.15, 0.2) is 0 Å². The van der Waals surface area contributed by atoms with Crippen molar-refractivity contribution in [3.05, 3.63) is 0 Å². The van der Waals surface area contributed by atoms with Crippen LogP contribution < -0.4 is 5.32 Å². The highest BCUT2D eigenvalue weighted by atomic mass is 32.3. The monoisotopic (exact) mass is 504 g/mol. The average molecular weight is 505 g/mol. The summed E-state index contributed by atoms with van der Waals surface area (Å²) in [5.41, 5.74) is -0.755. The maximum atomic E-state index is 12.8. The van der Waals surface area contributed by atoms with E-state index >= 15 is 0 Å². The van der Waals surface area contributed by atoms with Gasteiger partial charge in [0.1, 0.15) is 29.9 Å². The summed E-state index contributed by atoms with van der Waals surface area (Å²) in [6, 6.07) is -1.20. The highest BCUT2D eigenvalue weighted by Crippen LogP contribution is 2.30. The number of aliphatic hydroxyl groups is 4. The van der Waals surface area contributed by atoms with Crippen LogP contribution in [-0.2, 0) is 19.9 Å². The number of ether oxygens (including phenoxy) is 1. The molecule has 2 rings (SSSR count). The molecule has 2 fully saturated rings. The molecule has 0 spiro atoms. The topological polar surface area (TPSA) is 197 Å². The van der Waals surface area contributed by atoms with Crippen molar-refractivity contribution in [2.45, 2.75) is 81.1 Å². The Balaban J connectivity index is 0.000000920. The lowest BCUT2D eigenvalue weighted by molar-refractivity contribution is -0.211. The molecule has 2 unspecified atom stereocenters. The van der Waals surface area contributed by atoms with Gasteiger partial charge in [-0.25, -0.2) is 0 Å². The van der Waals surface area contributed by atoms with Crippen molar-refractivity contribution in [2.24, 2.45) is 5.92 Å². The van der Waals surface area contributed by atoms with Gasteiger partial charge in [0.05, 0.1) is 18.2 Å². The van der Waals surface area contributed by atoms with E-state index in [4.69, 9.17) is 22.3 Å². The molecule has 0 aliphatic carbocycles. The third kappa shape index (κ3) is 8.66. The van der Waals surface area contributed by atoms with Crippen LogP contribution in [0.2, 0.25) is 0 Å². The number of carbonyl (C=O) groups is 1. The molecule has 32 heavy (non-hydrogen) atoms. The van der Waals surface area contributed by atoms with Gasteiger partial charge >= 0.3 is 10.4 Å². The Kier molecular flexibility index (Phi) is 11.8. The quantitative estimate of drug-likeness (QED) is 0.198. The van der Waals surface area contributed by atoms with Crippen molar-refractivity contribution in [3.8, 4) is 0 Å². The molecule has 7 N–H and O–H groups in total. The van der Waals surface area contributed by atoms with Gasteiger partial charge in [-0.2, -0.15) is 8.42 Å². The molecule has 0 saturated carbocycles. The Morgan fingerprint density at radius 2 is 1.78 bits per heavy atom. The Morgan fingerprint density at radius 1 is 1.22 bits per heavy atom. The summed E-state index contributed by atoms with van der Waals surface area (Å²) < 4.78 is 37.3. The van der Waals surface area contributed by atoms with Crippen LogP contribution in [-0.4, -0.2) is 117 Å². The minimum Gasteiger partial charge on any atom is -0.391 e. The highest BCUT2D eigenvalue weighted by Gasteiger charge is 2.48. The van der Waals surface area contributed by atoms with Crippen LogP contribution >= 0.6 is 11.8 Å². The molecule has 14 heteroatoms. The molecule has 0 aromatic rings. The van der Waals surface area contributed by atoms with Crippen LogP contribution in [0.4, 0.5) is 0 Å². The number of likely N-dealkylation sites (N-methyl/N-ethyl adjacent to an activating group) is 1. The van der Waals surface area contributed by atoms with E-state index in [9.17, 15) is 25.2 Å². The predicted octanol–water partition coefficient (Wildman–Crippen LogP) is -1.51. The molecule has 9 atom stereocenters. The maximum Gasteiger partial charge on any atom is 0.394 e. The molecule has 2 heterocycles. The van der Waals surface area contributed by atoms with Crippen LogP contribution in [0, 0.1) is 5.92 Å². The van der Waals surface area contributed by atoms with Crippen molar-refractivity contribution in [3.63, 3.8) is 0 Å². The van der Waals surface area contributed by atoms with Crippen molar-refractivity contribution in [1.29, 1.82) is 0 Å². The predicted molar refractivity (Wildman–Crippen MR) is 117 cm³/mol. The first-order valence-corrected chi connectivity index (χ1v) is 13.0. The zero-order valence-corrected chi connectivity index (χ0v) is 20.2. The second kappa shape index (κ2) is 12.8. The Bertz CT molecular complexity index is 685. The number of amides is 1. The SMILES string of the molecule is CCC[C@@H]1C[C@@H](C(=O)NC(C(C)O)[C@H]2O[C@H](SC)[C@H](O)[C@@H](O)[C@H]2O)N(C)C1.O=S(=O)(O)O. The highest BCUT2D eigenvalue weighted by molar-refractivity contribution is 7.99. The molecule has 1 amide bonds. The van der Waals surface area contributed by atoms with Crippen LogP contribution in [0.5, 0.6) is 0 Å². The molecule has 0 aromatic heterocycles. The summed E-state index contributed by atoms with van der Waals surface area (Å²) in [5, 5.41) is 43.5. The average Bonchev–Trinajstić information content (AvgIpc) is 3.04. The third-order valence-corrected chi connectivity index (χ3v) is 6.51. The molecule has 0 bridgehead atoms. The lowest BCUT2D eigenvalue weighted by atomic mass is 9.92. The van der Waals surface area contributed by atoms with Crippen molar-refractivity contribution in [1.82, 2.24) is 10.2 Å². The van der Waals surface area contributed by atoms with Gasteiger partial charge in [-0.1, -0.05) is 13.3 Å². The summed E-state index contributed by atoms with van der Waals surface area (Å²) in [6.45, 7) is 4.48. The summed E-state index contributed by atoms with van der Waals surface area (Å²) in [6.07, 6.45) is -1.50. The van der Waals surface area contributed by atoms with Crippen LogP contribution in [0.3, 0.4) is 0 Å². The Hall–Kier alpha value is -0.550. The molecular formula is C18H36N2O10S2. The zero-order valence-electron chi connectivity index (χ0n) is 18.6. The number of aliphatic hydroxyl groups excluding tert-OH is 4. The van der Waals surface area contributed by atoms with Gasteiger partial charge in [0, 0.05) is 6.54 Å². The molecule has 2 aliphatic heterocycles. The first kappa shape index (κ1) is 29.5. The number of likely N-dealkylation sites (tertiary alicyclic amines) is 1. The third-order valence-electron chi connectivity index (χ3n) is 5.66. The first-order valence-electron chi connectivity index (χ1n) is 10.3. The molecule has 2 saturated heterocycles. The Labute approximate surface area is 192 Å². The van der Waals surface area contributed by atoms with E-state index in [2.05, 4.69) is 12.2 Å².